The fourth-order valence-corrected chi connectivity index (χ4v) is 3.24. The molecule has 6 nitrogen and oxygen atoms in total. The van der Waals surface area contributed by atoms with Gasteiger partial charge in [-0.05, 0) is 53.9 Å². The van der Waals surface area contributed by atoms with Crippen molar-refractivity contribution in [2.45, 2.75) is 19.9 Å². The minimum Gasteiger partial charge on any atom is -0.497 e. The van der Waals surface area contributed by atoms with E-state index in [1.807, 2.05) is 54.6 Å². The molecule has 0 saturated carbocycles. The number of benzene rings is 2. The SMILES string of the molecule is CCc1ccc(CN(C(=O)c2cc(-c3ccc(OC)cc3)on2)c2ccccn2)cc1. The number of aromatic nitrogens is 2. The lowest BCUT2D eigenvalue weighted by molar-refractivity contribution is 0.0975. The van der Waals surface area contributed by atoms with Gasteiger partial charge in [-0.15, -0.1) is 0 Å². The fourth-order valence-electron chi connectivity index (χ4n) is 3.24. The van der Waals surface area contributed by atoms with Gasteiger partial charge in [0.05, 0.1) is 13.7 Å². The van der Waals surface area contributed by atoms with Crippen LogP contribution in [0.1, 0.15) is 28.5 Å². The van der Waals surface area contributed by atoms with E-state index in [-0.39, 0.29) is 11.6 Å². The van der Waals surface area contributed by atoms with Crippen LogP contribution in [0.3, 0.4) is 0 Å². The Morgan fingerprint density at radius 2 is 1.74 bits per heavy atom. The summed E-state index contributed by atoms with van der Waals surface area (Å²) in [5.41, 5.74) is 3.30. The van der Waals surface area contributed by atoms with Gasteiger partial charge >= 0.3 is 0 Å². The average molecular weight is 413 g/mol. The van der Waals surface area contributed by atoms with E-state index in [1.165, 1.54) is 5.56 Å². The summed E-state index contributed by atoms with van der Waals surface area (Å²) in [7, 11) is 1.61. The second-order valence-electron chi connectivity index (χ2n) is 7.05. The van der Waals surface area contributed by atoms with Crippen LogP contribution in [-0.2, 0) is 13.0 Å². The molecule has 156 valence electrons. The molecule has 31 heavy (non-hydrogen) atoms. The molecule has 0 aliphatic rings. The maximum Gasteiger partial charge on any atom is 0.281 e. The third-order valence-corrected chi connectivity index (χ3v) is 5.05. The number of carbonyl (C=O) groups is 1. The lowest BCUT2D eigenvalue weighted by Gasteiger charge is -2.20. The Balaban J connectivity index is 1.61. The van der Waals surface area contributed by atoms with Crippen molar-refractivity contribution < 1.29 is 14.1 Å². The molecule has 0 aliphatic heterocycles. The van der Waals surface area contributed by atoms with E-state index in [4.69, 9.17) is 9.26 Å². The van der Waals surface area contributed by atoms with E-state index in [1.54, 1.807) is 24.3 Å². The van der Waals surface area contributed by atoms with Crippen molar-refractivity contribution in [1.29, 1.82) is 0 Å². The number of nitrogens with zero attached hydrogens (tertiary/aromatic N) is 3. The van der Waals surface area contributed by atoms with Gasteiger partial charge in [-0.3, -0.25) is 9.69 Å². The van der Waals surface area contributed by atoms with Gasteiger partial charge < -0.3 is 9.26 Å². The number of hydrogen-bond acceptors (Lipinski definition) is 5. The second-order valence-corrected chi connectivity index (χ2v) is 7.05. The van der Waals surface area contributed by atoms with E-state index < -0.39 is 0 Å². The van der Waals surface area contributed by atoms with Crippen molar-refractivity contribution in [3.05, 3.63) is 95.8 Å². The largest absolute Gasteiger partial charge is 0.497 e. The van der Waals surface area contributed by atoms with Crippen molar-refractivity contribution in [2.24, 2.45) is 0 Å². The van der Waals surface area contributed by atoms with E-state index in [0.717, 1.165) is 23.3 Å². The lowest BCUT2D eigenvalue weighted by atomic mass is 10.1. The van der Waals surface area contributed by atoms with Gasteiger partial charge in [-0.1, -0.05) is 42.4 Å². The molecule has 0 atom stereocenters. The Hall–Kier alpha value is -3.93. The second kappa shape index (κ2) is 9.26. The molecule has 4 rings (SSSR count). The van der Waals surface area contributed by atoms with E-state index in [9.17, 15) is 4.79 Å². The summed E-state index contributed by atoms with van der Waals surface area (Å²) >= 11 is 0. The molecular weight excluding hydrogens is 390 g/mol. The number of hydrogen-bond donors (Lipinski definition) is 0. The van der Waals surface area contributed by atoms with Gasteiger partial charge in [0.15, 0.2) is 11.5 Å². The monoisotopic (exact) mass is 413 g/mol. The number of ether oxygens (including phenoxy) is 1. The molecule has 6 heteroatoms. The number of carbonyl (C=O) groups excluding carboxylic acids is 1. The van der Waals surface area contributed by atoms with Gasteiger partial charge in [0.2, 0.25) is 0 Å². The molecule has 0 unspecified atom stereocenters. The van der Waals surface area contributed by atoms with Crippen LogP contribution in [0.2, 0.25) is 0 Å². The zero-order chi connectivity index (χ0) is 21.6. The fraction of sp³-hybridized carbons (Fsp3) is 0.160. The Labute approximate surface area is 181 Å². The van der Waals surface area contributed by atoms with Crippen LogP contribution in [0.4, 0.5) is 5.82 Å². The summed E-state index contributed by atoms with van der Waals surface area (Å²) in [4.78, 5) is 19.3. The molecule has 0 radical (unpaired) electrons. The molecule has 2 aromatic heterocycles. The van der Waals surface area contributed by atoms with Crippen LogP contribution < -0.4 is 9.64 Å². The highest BCUT2D eigenvalue weighted by molar-refractivity contribution is 6.04. The smallest absolute Gasteiger partial charge is 0.281 e. The topological polar surface area (TPSA) is 68.5 Å². The van der Waals surface area contributed by atoms with Crippen LogP contribution in [0, 0.1) is 0 Å². The summed E-state index contributed by atoms with van der Waals surface area (Å²) in [6, 6.07) is 22.7. The predicted molar refractivity (Wildman–Crippen MR) is 119 cm³/mol. The molecule has 0 spiro atoms. The van der Waals surface area contributed by atoms with Crippen molar-refractivity contribution in [3.63, 3.8) is 0 Å². The average Bonchev–Trinajstić information content (AvgIpc) is 3.33. The molecule has 0 N–H and O–H groups in total. The summed E-state index contributed by atoms with van der Waals surface area (Å²) in [6.45, 7) is 2.49. The highest BCUT2D eigenvalue weighted by atomic mass is 16.5. The number of anilines is 1. The lowest BCUT2D eigenvalue weighted by Crippen LogP contribution is -2.31. The van der Waals surface area contributed by atoms with Gasteiger partial charge in [-0.25, -0.2) is 4.98 Å². The zero-order valence-corrected chi connectivity index (χ0v) is 17.5. The number of methoxy groups -OCH3 is 1. The van der Waals surface area contributed by atoms with Crippen LogP contribution in [-0.4, -0.2) is 23.2 Å². The highest BCUT2D eigenvalue weighted by Crippen LogP contribution is 2.25. The Morgan fingerprint density at radius 1 is 1.00 bits per heavy atom. The first-order valence-corrected chi connectivity index (χ1v) is 10.1. The molecule has 4 aromatic rings. The zero-order valence-electron chi connectivity index (χ0n) is 17.5. The molecule has 2 aromatic carbocycles. The molecule has 0 fully saturated rings. The third kappa shape index (κ3) is 4.64. The molecule has 0 saturated heterocycles. The first-order valence-electron chi connectivity index (χ1n) is 10.1. The Morgan fingerprint density at radius 3 is 2.39 bits per heavy atom. The first kappa shape index (κ1) is 20.3. The minimum absolute atomic E-state index is 0.224. The predicted octanol–water partition coefficient (Wildman–Crippen LogP) is 5.15. The summed E-state index contributed by atoms with van der Waals surface area (Å²) in [5, 5.41) is 4.03. The number of amides is 1. The summed E-state index contributed by atoms with van der Waals surface area (Å²) in [5.74, 6) is 1.54. The maximum atomic E-state index is 13.4. The van der Waals surface area contributed by atoms with E-state index in [0.29, 0.717) is 18.1 Å². The molecule has 2 heterocycles. The summed E-state index contributed by atoms with van der Waals surface area (Å²) < 4.78 is 10.6. The number of pyridine rings is 1. The Bertz CT molecular complexity index is 1140. The minimum atomic E-state index is -0.276. The van der Waals surface area contributed by atoms with Crippen molar-refractivity contribution in [1.82, 2.24) is 10.1 Å². The van der Waals surface area contributed by atoms with Crippen molar-refractivity contribution >= 4 is 11.7 Å². The Kier molecular flexibility index (Phi) is 6.08. The summed E-state index contributed by atoms with van der Waals surface area (Å²) in [6.07, 6.45) is 2.64. The first-order chi connectivity index (χ1) is 15.2. The third-order valence-electron chi connectivity index (χ3n) is 5.05. The van der Waals surface area contributed by atoms with Gasteiger partial charge in [-0.2, -0.15) is 0 Å². The van der Waals surface area contributed by atoms with E-state index >= 15 is 0 Å². The van der Waals surface area contributed by atoms with Crippen molar-refractivity contribution in [2.75, 3.05) is 12.0 Å². The van der Waals surface area contributed by atoms with Crippen LogP contribution in [0.5, 0.6) is 5.75 Å². The quantitative estimate of drug-likeness (QED) is 0.419. The standard InChI is InChI=1S/C25H23N3O3/c1-3-18-7-9-19(10-8-18)17-28(24-6-4-5-15-26-24)25(29)22-16-23(31-27-22)20-11-13-21(30-2)14-12-20/h4-16H,3,17H2,1-2H3. The molecule has 0 aliphatic carbocycles. The van der Waals surface area contributed by atoms with E-state index in [2.05, 4.69) is 29.2 Å². The number of aryl methyl sites for hydroxylation is 1. The number of rotatable bonds is 7. The van der Waals surface area contributed by atoms with Crippen LogP contribution in [0.15, 0.2) is 83.5 Å². The normalized spacial score (nSPS) is 10.6. The van der Waals surface area contributed by atoms with Crippen LogP contribution in [0.25, 0.3) is 11.3 Å². The molecule has 0 bridgehead atoms. The van der Waals surface area contributed by atoms with Gasteiger partial charge in [0.25, 0.3) is 5.91 Å². The highest BCUT2D eigenvalue weighted by Gasteiger charge is 2.23. The van der Waals surface area contributed by atoms with Gasteiger partial charge in [0, 0.05) is 17.8 Å². The van der Waals surface area contributed by atoms with Crippen LogP contribution >= 0.6 is 0 Å². The molecular formula is C25H23N3O3. The maximum absolute atomic E-state index is 13.4. The molecule has 1 amide bonds. The van der Waals surface area contributed by atoms with Gasteiger partial charge in [0.1, 0.15) is 11.6 Å². The van der Waals surface area contributed by atoms with Crippen molar-refractivity contribution in [3.8, 4) is 17.1 Å².